The summed E-state index contributed by atoms with van der Waals surface area (Å²) in [6, 6.07) is 0. The van der Waals surface area contributed by atoms with Crippen molar-refractivity contribution in [2.24, 2.45) is 5.41 Å². The molecule has 0 saturated carbocycles. The second-order valence-electron chi connectivity index (χ2n) is 3.88. The van der Waals surface area contributed by atoms with Crippen LogP contribution in [0.3, 0.4) is 0 Å². The highest BCUT2D eigenvalue weighted by Gasteiger charge is 2.31. The third-order valence-electron chi connectivity index (χ3n) is 2.10. The first-order chi connectivity index (χ1) is 3.81. The minimum Gasteiger partial charge on any atom is -0.442 e. The predicted molar refractivity (Wildman–Crippen MR) is 42.5 cm³/mol. The summed E-state index contributed by atoms with van der Waals surface area (Å²) in [7, 11) is 5.09. The van der Waals surface area contributed by atoms with E-state index >= 15 is 0 Å². The van der Waals surface area contributed by atoms with Crippen molar-refractivity contribution in [3.05, 3.63) is 0 Å². The van der Waals surface area contributed by atoms with Crippen LogP contribution in [0.25, 0.3) is 0 Å². The maximum atomic E-state index is 5.09. The zero-order valence-corrected chi connectivity index (χ0v) is 6.99. The van der Waals surface area contributed by atoms with Crippen LogP contribution in [0, 0.1) is 5.41 Å². The normalized spacial score (nSPS) is 13.9. The van der Waals surface area contributed by atoms with E-state index in [1.165, 1.54) is 0 Å². The Kier molecular flexibility index (Phi) is 2.34. The summed E-state index contributed by atoms with van der Waals surface area (Å²) in [4.78, 5) is 0. The molecule has 0 saturated heterocycles. The molecule has 0 N–H and O–H groups in total. The van der Waals surface area contributed by atoms with E-state index in [9.17, 15) is 0 Å². The quantitative estimate of drug-likeness (QED) is 0.491. The molecule has 2 heteroatoms. The average Bonchev–Trinajstić information content (AvgIpc) is 1.64. The lowest BCUT2D eigenvalue weighted by Crippen LogP contribution is -2.38. The standard InChI is InChI=1S/C7H15BO.H2/c1-6(2,3)7(4,5)9-8;/h1-5H3;1H. The van der Waals surface area contributed by atoms with Gasteiger partial charge in [-0.15, -0.1) is 0 Å². The molecule has 0 aliphatic carbocycles. The van der Waals surface area contributed by atoms with Gasteiger partial charge in [0.2, 0.25) is 0 Å². The van der Waals surface area contributed by atoms with Crippen LogP contribution in [-0.4, -0.2) is 13.7 Å². The van der Waals surface area contributed by atoms with Gasteiger partial charge in [0.15, 0.2) is 0 Å². The lowest BCUT2D eigenvalue weighted by Gasteiger charge is -2.38. The molecule has 0 aromatic rings. The van der Waals surface area contributed by atoms with Crippen molar-refractivity contribution in [2.75, 3.05) is 0 Å². The Hall–Kier alpha value is 0.0249. The Bertz CT molecular complexity index is 96.3. The maximum Gasteiger partial charge on any atom is 0.283 e. The first-order valence-electron chi connectivity index (χ1n) is 3.19. The largest absolute Gasteiger partial charge is 0.442 e. The van der Waals surface area contributed by atoms with Gasteiger partial charge in [-0.25, -0.2) is 0 Å². The molecule has 0 bridgehead atoms. The van der Waals surface area contributed by atoms with Gasteiger partial charge in [0.25, 0.3) is 8.05 Å². The van der Waals surface area contributed by atoms with Crippen LogP contribution in [0.4, 0.5) is 0 Å². The van der Waals surface area contributed by atoms with Crippen molar-refractivity contribution < 1.29 is 6.08 Å². The van der Waals surface area contributed by atoms with Crippen molar-refractivity contribution in [2.45, 2.75) is 40.2 Å². The van der Waals surface area contributed by atoms with Crippen molar-refractivity contribution in [1.82, 2.24) is 0 Å². The lowest BCUT2D eigenvalue weighted by molar-refractivity contribution is 0.00806. The molecule has 0 amide bonds. The fourth-order valence-electron chi connectivity index (χ4n) is 0.177. The lowest BCUT2D eigenvalue weighted by atomic mass is 9.79. The molecule has 1 nitrogen and oxygen atoms in total. The molecule has 0 unspecified atom stereocenters. The maximum absolute atomic E-state index is 5.09. The molecule has 0 aromatic carbocycles. The second kappa shape index (κ2) is 2.33. The summed E-state index contributed by atoms with van der Waals surface area (Å²) >= 11 is 0. The second-order valence-corrected chi connectivity index (χ2v) is 3.88. The third-order valence-corrected chi connectivity index (χ3v) is 2.10. The van der Waals surface area contributed by atoms with E-state index in [1.807, 2.05) is 13.8 Å². The van der Waals surface area contributed by atoms with Crippen LogP contribution in [0.1, 0.15) is 36.0 Å². The predicted octanol–water partition coefficient (Wildman–Crippen LogP) is 2.16. The number of rotatable bonds is 1. The molecule has 54 valence electrons. The smallest absolute Gasteiger partial charge is 0.283 e. The van der Waals surface area contributed by atoms with Crippen LogP contribution in [-0.2, 0) is 4.65 Å². The van der Waals surface area contributed by atoms with Crippen molar-refractivity contribution in [3.63, 3.8) is 0 Å². The van der Waals surface area contributed by atoms with Crippen molar-refractivity contribution in [3.8, 4) is 0 Å². The first kappa shape index (κ1) is 9.02. The first-order valence-corrected chi connectivity index (χ1v) is 3.19. The minimum atomic E-state index is -0.243. The number of hydrogen-bond donors (Lipinski definition) is 0. The van der Waals surface area contributed by atoms with Crippen molar-refractivity contribution in [1.29, 1.82) is 0 Å². The summed E-state index contributed by atoms with van der Waals surface area (Å²) in [5, 5.41) is 0. The summed E-state index contributed by atoms with van der Waals surface area (Å²) in [6.45, 7) is 10.2. The van der Waals surface area contributed by atoms with Gasteiger partial charge in [-0.2, -0.15) is 0 Å². The summed E-state index contributed by atoms with van der Waals surface area (Å²) in [5.41, 5.74) is -0.144. The molecule has 0 rings (SSSR count). The summed E-state index contributed by atoms with van der Waals surface area (Å²) < 4.78 is 4.80. The van der Waals surface area contributed by atoms with Crippen molar-refractivity contribution >= 4 is 8.05 Å². The SMILES string of the molecule is [B]OC(C)(C)C(C)(C)C.[HH]. The summed E-state index contributed by atoms with van der Waals surface area (Å²) in [5.74, 6) is 0. The third kappa shape index (κ3) is 2.01. The average molecular weight is 128 g/mol. The molecule has 0 aromatic heterocycles. The topological polar surface area (TPSA) is 9.23 Å². The molecule has 0 heterocycles. The molecule has 9 heavy (non-hydrogen) atoms. The van der Waals surface area contributed by atoms with E-state index in [0.717, 1.165) is 0 Å². The van der Waals surface area contributed by atoms with Crippen LogP contribution < -0.4 is 0 Å². The Labute approximate surface area is 60.7 Å². The van der Waals surface area contributed by atoms with E-state index in [4.69, 9.17) is 12.7 Å². The van der Waals surface area contributed by atoms with E-state index in [-0.39, 0.29) is 12.4 Å². The molecule has 0 aliphatic heterocycles. The highest BCUT2D eigenvalue weighted by atomic mass is 16.4. The van der Waals surface area contributed by atoms with E-state index < -0.39 is 0 Å². The Morgan fingerprint density at radius 1 is 1.11 bits per heavy atom. The monoisotopic (exact) mass is 128 g/mol. The van der Waals surface area contributed by atoms with E-state index in [1.54, 1.807) is 0 Å². The molecule has 0 atom stereocenters. The van der Waals surface area contributed by atoms with Crippen LogP contribution >= 0.6 is 0 Å². The highest BCUT2D eigenvalue weighted by Crippen LogP contribution is 2.31. The van der Waals surface area contributed by atoms with Gasteiger partial charge in [-0.3, -0.25) is 0 Å². The molecule has 2 radical (unpaired) electrons. The fraction of sp³-hybridized carbons (Fsp3) is 1.00. The van der Waals surface area contributed by atoms with Gasteiger partial charge >= 0.3 is 0 Å². The number of hydrogen-bond acceptors (Lipinski definition) is 1. The van der Waals surface area contributed by atoms with Crippen LogP contribution in [0.15, 0.2) is 0 Å². The molecule has 0 aliphatic rings. The van der Waals surface area contributed by atoms with Gasteiger partial charge in [0, 0.05) is 7.03 Å². The summed E-state index contributed by atoms with van der Waals surface area (Å²) in [6.07, 6.45) is 0. The van der Waals surface area contributed by atoms with Crippen LogP contribution in [0.5, 0.6) is 0 Å². The fourth-order valence-corrected chi connectivity index (χ4v) is 0.177. The van der Waals surface area contributed by atoms with Crippen LogP contribution in [0.2, 0.25) is 0 Å². The Morgan fingerprint density at radius 3 is 1.44 bits per heavy atom. The zero-order chi connectivity index (χ0) is 7.71. The van der Waals surface area contributed by atoms with Gasteiger partial charge in [-0.05, 0) is 19.3 Å². The van der Waals surface area contributed by atoms with Gasteiger partial charge in [0.1, 0.15) is 0 Å². The molecule has 0 fully saturated rings. The van der Waals surface area contributed by atoms with E-state index in [0.29, 0.717) is 0 Å². The van der Waals surface area contributed by atoms with Gasteiger partial charge in [-0.1, -0.05) is 20.8 Å². The molecular weight excluding hydrogens is 111 g/mol. The Balaban J connectivity index is 0. The minimum absolute atomic E-state index is 0. The van der Waals surface area contributed by atoms with Gasteiger partial charge < -0.3 is 4.65 Å². The highest BCUT2D eigenvalue weighted by molar-refractivity contribution is 5.98. The Morgan fingerprint density at radius 2 is 1.44 bits per heavy atom. The van der Waals surface area contributed by atoms with E-state index in [2.05, 4.69) is 20.8 Å². The van der Waals surface area contributed by atoms with Gasteiger partial charge in [0.05, 0.1) is 0 Å². The molecular formula is C7H17BO. The zero-order valence-electron chi connectivity index (χ0n) is 6.99. The molecule has 0 spiro atoms.